The van der Waals surface area contributed by atoms with Crippen LogP contribution in [0.2, 0.25) is 0 Å². The fourth-order valence-electron chi connectivity index (χ4n) is 1.50. The fraction of sp³-hybridized carbons (Fsp3) is 0.154. The summed E-state index contributed by atoms with van der Waals surface area (Å²) in [5.41, 5.74) is 1.97. The van der Waals surface area contributed by atoms with E-state index in [0.29, 0.717) is 0 Å². The average Bonchev–Trinajstić information content (AvgIpc) is 2.88. The molecule has 0 unspecified atom stereocenters. The van der Waals surface area contributed by atoms with E-state index in [4.69, 9.17) is 0 Å². The van der Waals surface area contributed by atoms with Gasteiger partial charge in [0.25, 0.3) is 5.91 Å². The van der Waals surface area contributed by atoms with Gasteiger partial charge in [-0.25, -0.2) is 5.43 Å². The van der Waals surface area contributed by atoms with Crippen molar-refractivity contribution in [3.63, 3.8) is 0 Å². The normalized spacial score (nSPS) is 11.8. The molecule has 0 aliphatic heterocycles. The third-order valence-corrected chi connectivity index (χ3v) is 2.44. The predicted molar refractivity (Wildman–Crippen MR) is 69.4 cm³/mol. The maximum Gasteiger partial charge on any atom is 0.435 e. The number of halogens is 3. The van der Waals surface area contributed by atoms with Crippen LogP contribution in [0.5, 0.6) is 0 Å². The number of aromatic nitrogens is 2. The Morgan fingerprint density at radius 3 is 2.62 bits per heavy atom. The Morgan fingerprint density at radius 1 is 1.29 bits per heavy atom. The number of hydrogen-bond donors (Lipinski definition) is 1. The number of amides is 1. The highest BCUT2D eigenvalue weighted by Gasteiger charge is 2.33. The minimum atomic E-state index is -4.52. The molecule has 1 aromatic heterocycles. The number of rotatable bonds is 4. The summed E-state index contributed by atoms with van der Waals surface area (Å²) in [5.74, 6) is -0.570. The van der Waals surface area contributed by atoms with Gasteiger partial charge in [-0.2, -0.15) is 23.4 Å². The van der Waals surface area contributed by atoms with Gasteiger partial charge in [0.05, 0.1) is 6.21 Å². The van der Waals surface area contributed by atoms with Crippen molar-refractivity contribution in [1.82, 2.24) is 15.2 Å². The maximum absolute atomic E-state index is 12.3. The van der Waals surface area contributed by atoms with Crippen LogP contribution in [0.15, 0.2) is 47.7 Å². The van der Waals surface area contributed by atoms with Gasteiger partial charge in [-0.15, -0.1) is 0 Å². The number of nitrogens with one attached hydrogen (secondary N) is 1. The quantitative estimate of drug-likeness (QED) is 0.693. The number of hydrazone groups is 1. The van der Waals surface area contributed by atoms with Gasteiger partial charge in [-0.3, -0.25) is 9.48 Å². The van der Waals surface area contributed by atoms with E-state index in [1.807, 2.05) is 18.2 Å². The molecule has 2 rings (SSSR count). The maximum atomic E-state index is 12.3. The summed E-state index contributed by atoms with van der Waals surface area (Å²) in [6.45, 7) is -0.345. The molecule has 0 saturated carbocycles. The highest BCUT2D eigenvalue weighted by molar-refractivity contribution is 5.82. The SMILES string of the molecule is O=C(Cn1ccc(C(F)(F)F)n1)N/N=C\c1ccccc1. The van der Waals surface area contributed by atoms with Crippen LogP contribution in [0, 0.1) is 0 Å². The molecular weight excluding hydrogens is 285 g/mol. The number of benzene rings is 1. The molecule has 0 radical (unpaired) electrons. The van der Waals surface area contributed by atoms with Crippen molar-refractivity contribution < 1.29 is 18.0 Å². The number of alkyl halides is 3. The first kappa shape index (κ1) is 14.8. The number of carbonyl (C=O) groups excluding carboxylic acids is 1. The zero-order chi connectivity index (χ0) is 15.3. The molecule has 1 aromatic carbocycles. The topological polar surface area (TPSA) is 59.3 Å². The molecule has 0 saturated heterocycles. The van der Waals surface area contributed by atoms with Crippen molar-refractivity contribution in [3.8, 4) is 0 Å². The molecule has 110 valence electrons. The monoisotopic (exact) mass is 296 g/mol. The highest BCUT2D eigenvalue weighted by atomic mass is 19.4. The Balaban J connectivity index is 1.88. The standard InChI is InChI=1S/C13H11F3N4O/c14-13(15,16)11-6-7-20(19-11)9-12(21)18-17-8-10-4-2-1-3-5-10/h1-8H,9H2,(H,18,21)/b17-8-. The van der Waals surface area contributed by atoms with Gasteiger partial charge in [0, 0.05) is 6.20 Å². The van der Waals surface area contributed by atoms with Crippen LogP contribution in [-0.4, -0.2) is 21.9 Å². The van der Waals surface area contributed by atoms with Gasteiger partial charge >= 0.3 is 6.18 Å². The second-order valence-electron chi connectivity index (χ2n) is 4.10. The Bertz CT molecular complexity index is 634. The van der Waals surface area contributed by atoms with E-state index in [9.17, 15) is 18.0 Å². The first-order valence-corrected chi connectivity index (χ1v) is 5.93. The molecule has 8 heteroatoms. The van der Waals surface area contributed by atoms with Crippen LogP contribution in [0.3, 0.4) is 0 Å². The van der Waals surface area contributed by atoms with E-state index >= 15 is 0 Å². The van der Waals surface area contributed by atoms with E-state index < -0.39 is 17.8 Å². The molecule has 21 heavy (non-hydrogen) atoms. The second kappa shape index (κ2) is 6.21. The summed E-state index contributed by atoms with van der Waals surface area (Å²) in [6, 6.07) is 9.85. The van der Waals surface area contributed by atoms with E-state index in [2.05, 4.69) is 15.6 Å². The summed E-state index contributed by atoms with van der Waals surface area (Å²) < 4.78 is 37.9. The Hall–Kier alpha value is -2.64. The zero-order valence-electron chi connectivity index (χ0n) is 10.7. The van der Waals surface area contributed by atoms with Gasteiger partial charge in [0.1, 0.15) is 6.54 Å². The predicted octanol–water partition coefficient (Wildman–Crippen LogP) is 2.05. The van der Waals surface area contributed by atoms with Crippen LogP contribution >= 0.6 is 0 Å². The lowest BCUT2D eigenvalue weighted by atomic mass is 10.2. The molecule has 0 spiro atoms. The molecule has 1 heterocycles. The summed E-state index contributed by atoms with van der Waals surface area (Å²) in [4.78, 5) is 11.5. The van der Waals surface area contributed by atoms with Crippen molar-refractivity contribution in [3.05, 3.63) is 53.9 Å². The first-order valence-electron chi connectivity index (χ1n) is 5.93. The van der Waals surface area contributed by atoms with Crippen molar-refractivity contribution in [2.24, 2.45) is 5.10 Å². The number of carbonyl (C=O) groups is 1. The molecule has 0 atom stereocenters. The summed E-state index contributed by atoms with van der Waals surface area (Å²) in [5, 5.41) is 6.97. The number of nitrogens with zero attached hydrogens (tertiary/aromatic N) is 3. The van der Waals surface area contributed by atoms with E-state index in [0.717, 1.165) is 22.5 Å². The molecule has 1 N–H and O–H groups in total. The van der Waals surface area contributed by atoms with Gasteiger partial charge in [0.15, 0.2) is 5.69 Å². The molecule has 0 aliphatic carbocycles. The van der Waals surface area contributed by atoms with Crippen LogP contribution in [-0.2, 0) is 17.5 Å². The first-order chi connectivity index (χ1) is 9.95. The average molecular weight is 296 g/mol. The Labute approximate surface area is 118 Å². The van der Waals surface area contributed by atoms with E-state index in [-0.39, 0.29) is 6.54 Å². The number of hydrogen-bond acceptors (Lipinski definition) is 3. The van der Waals surface area contributed by atoms with E-state index in [1.54, 1.807) is 12.1 Å². The lowest BCUT2D eigenvalue weighted by Crippen LogP contribution is -2.23. The lowest BCUT2D eigenvalue weighted by molar-refractivity contribution is -0.141. The molecule has 1 amide bonds. The molecule has 0 bridgehead atoms. The third-order valence-electron chi connectivity index (χ3n) is 2.44. The van der Waals surface area contributed by atoms with Crippen LogP contribution < -0.4 is 5.43 Å². The second-order valence-corrected chi connectivity index (χ2v) is 4.10. The third kappa shape index (κ3) is 4.44. The highest BCUT2D eigenvalue weighted by Crippen LogP contribution is 2.27. The molecular formula is C13H11F3N4O. The Morgan fingerprint density at radius 2 is 2.00 bits per heavy atom. The van der Waals surface area contributed by atoms with Crippen LogP contribution in [0.25, 0.3) is 0 Å². The van der Waals surface area contributed by atoms with Crippen LogP contribution in [0.4, 0.5) is 13.2 Å². The van der Waals surface area contributed by atoms with Gasteiger partial charge in [-0.1, -0.05) is 30.3 Å². The van der Waals surface area contributed by atoms with Gasteiger partial charge in [0.2, 0.25) is 0 Å². The van der Waals surface area contributed by atoms with Crippen molar-refractivity contribution >= 4 is 12.1 Å². The summed E-state index contributed by atoms with van der Waals surface area (Å²) in [7, 11) is 0. The summed E-state index contributed by atoms with van der Waals surface area (Å²) in [6.07, 6.45) is -2.00. The van der Waals surface area contributed by atoms with Crippen molar-refractivity contribution in [2.45, 2.75) is 12.7 Å². The minimum Gasteiger partial charge on any atom is -0.271 e. The van der Waals surface area contributed by atoms with E-state index in [1.165, 1.54) is 6.21 Å². The smallest absolute Gasteiger partial charge is 0.271 e. The zero-order valence-corrected chi connectivity index (χ0v) is 10.7. The fourth-order valence-corrected chi connectivity index (χ4v) is 1.50. The summed E-state index contributed by atoms with van der Waals surface area (Å²) >= 11 is 0. The minimum absolute atomic E-state index is 0.345. The van der Waals surface area contributed by atoms with Crippen molar-refractivity contribution in [2.75, 3.05) is 0 Å². The van der Waals surface area contributed by atoms with Crippen molar-refractivity contribution in [1.29, 1.82) is 0 Å². The molecule has 0 aliphatic rings. The van der Waals surface area contributed by atoms with Crippen LogP contribution in [0.1, 0.15) is 11.3 Å². The van der Waals surface area contributed by atoms with Gasteiger partial charge in [-0.05, 0) is 11.6 Å². The molecule has 2 aromatic rings. The molecule has 0 fully saturated rings. The molecule has 5 nitrogen and oxygen atoms in total. The van der Waals surface area contributed by atoms with Gasteiger partial charge < -0.3 is 0 Å². The largest absolute Gasteiger partial charge is 0.435 e. The lowest BCUT2D eigenvalue weighted by Gasteiger charge is -2.02. The Kier molecular flexibility index (Phi) is 4.36.